The molecule has 4 heteroatoms. The second-order valence-electron chi connectivity index (χ2n) is 4.90. The van der Waals surface area contributed by atoms with Crippen molar-refractivity contribution in [2.75, 3.05) is 5.43 Å². The van der Waals surface area contributed by atoms with Gasteiger partial charge in [0, 0.05) is 11.1 Å². The van der Waals surface area contributed by atoms with Crippen molar-refractivity contribution in [1.82, 2.24) is 10.4 Å². The molecule has 0 unspecified atom stereocenters. The number of hydrogen-bond acceptors (Lipinski definition) is 3. The monoisotopic (exact) mass is 239 g/mol. The number of hydrogen-bond donors (Lipinski definition) is 2. The summed E-state index contributed by atoms with van der Waals surface area (Å²) >= 11 is 0. The van der Waals surface area contributed by atoms with Crippen LogP contribution in [0.5, 0.6) is 0 Å². The van der Waals surface area contributed by atoms with Gasteiger partial charge >= 0.3 is 0 Å². The molecule has 0 fully saturated rings. The Morgan fingerprint density at radius 1 is 1.11 bits per heavy atom. The highest BCUT2D eigenvalue weighted by Gasteiger charge is 2.24. The van der Waals surface area contributed by atoms with Crippen LogP contribution in [0.15, 0.2) is 18.2 Å². The summed E-state index contributed by atoms with van der Waals surface area (Å²) in [6.07, 6.45) is 4.49. The molecule has 2 aromatic rings. The van der Waals surface area contributed by atoms with Crippen molar-refractivity contribution in [2.24, 2.45) is 0 Å². The lowest BCUT2D eigenvalue weighted by Crippen LogP contribution is -2.34. The zero-order chi connectivity index (χ0) is 12.1. The van der Waals surface area contributed by atoms with Gasteiger partial charge < -0.3 is 0 Å². The van der Waals surface area contributed by atoms with Crippen LogP contribution in [0.1, 0.15) is 34.5 Å². The third kappa shape index (κ3) is 1.20. The average molecular weight is 239 g/mol. The summed E-state index contributed by atoms with van der Waals surface area (Å²) in [6.45, 7) is 0. The summed E-state index contributed by atoms with van der Waals surface area (Å²) in [6, 6.07) is 5.74. The van der Waals surface area contributed by atoms with E-state index < -0.39 is 0 Å². The SMILES string of the molecule is O=C1NNc2c3c(nc4cccc1c24)CCCC3. The number of carbonyl (C=O) groups excluding carboxylic acids is 1. The Balaban J connectivity index is 2.15. The van der Waals surface area contributed by atoms with Gasteiger partial charge in [-0.2, -0.15) is 0 Å². The lowest BCUT2D eigenvalue weighted by atomic mass is 9.91. The molecule has 1 amide bonds. The maximum absolute atomic E-state index is 11.8. The molecule has 1 aliphatic carbocycles. The van der Waals surface area contributed by atoms with Gasteiger partial charge in [-0.1, -0.05) is 6.07 Å². The van der Waals surface area contributed by atoms with E-state index in [-0.39, 0.29) is 5.91 Å². The van der Waals surface area contributed by atoms with Crippen LogP contribution in [0.2, 0.25) is 0 Å². The Labute approximate surface area is 104 Å². The molecule has 0 atom stereocenters. The highest BCUT2D eigenvalue weighted by atomic mass is 16.2. The van der Waals surface area contributed by atoms with E-state index in [9.17, 15) is 4.79 Å². The third-order valence-electron chi connectivity index (χ3n) is 3.83. The van der Waals surface area contributed by atoms with Gasteiger partial charge in [-0.3, -0.25) is 20.6 Å². The number of aromatic nitrogens is 1. The lowest BCUT2D eigenvalue weighted by molar-refractivity contribution is 0.0962. The predicted molar refractivity (Wildman–Crippen MR) is 69.5 cm³/mol. The van der Waals surface area contributed by atoms with E-state index in [0.29, 0.717) is 0 Å². The molecule has 2 N–H and O–H groups in total. The molecule has 2 aliphatic rings. The molecule has 0 bridgehead atoms. The van der Waals surface area contributed by atoms with Crippen molar-refractivity contribution >= 4 is 22.5 Å². The van der Waals surface area contributed by atoms with Crippen LogP contribution in [0.3, 0.4) is 0 Å². The van der Waals surface area contributed by atoms with Gasteiger partial charge in [0.2, 0.25) is 0 Å². The number of nitrogens with one attached hydrogen (secondary N) is 2. The van der Waals surface area contributed by atoms with Crippen molar-refractivity contribution in [3.05, 3.63) is 35.0 Å². The minimum atomic E-state index is -0.0781. The Bertz CT molecular complexity index is 678. The molecule has 0 spiro atoms. The van der Waals surface area contributed by atoms with E-state index in [0.717, 1.165) is 35.0 Å². The standard InChI is InChI=1S/C14H13N3O/c18-14-9-5-3-7-11-12(9)13(16-17-14)8-4-1-2-6-10(8)15-11/h3,5,7,16H,1-2,4,6H2,(H,17,18). The first kappa shape index (κ1) is 9.88. The van der Waals surface area contributed by atoms with Gasteiger partial charge in [-0.15, -0.1) is 0 Å². The van der Waals surface area contributed by atoms with E-state index in [4.69, 9.17) is 4.98 Å². The molecule has 90 valence electrons. The van der Waals surface area contributed by atoms with Crippen molar-refractivity contribution in [2.45, 2.75) is 25.7 Å². The second-order valence-corrected chi connectivity index (χ2v) is 4.90. The first-order valence-electron chi connectivity index (χ1n) is 6.35. The largest absolute Gasteiger partial charge is 0.297 e. The number of hydrazine groups is 1. The smallest absolute Gasteiger partial charge is 0.270 e. The van der Waals surface area contributed by atoms with Gasteiger partial charge in [-0.05, 0) is 43.4 Å². The topological polar surface area (TPSA) is 54.0 Å². The Hall–Kier alpha value is -2.10. The number of fused-ring (bicyclic) bond motifs is 2. The van der Waals surface area contributed by atoms with E-state index >= 15 is 0 Å². The molecular weight excluding hydrogens is 226 g/mol. The molecular formula is C14H13N3O. The molecule has 4 rings (SSSR count). The van der Waals surface area contributed by atoms with Gasteiger partial charge in [-0.25, -0.2) is 0 Å². The van der Waals surface area contributed by atoms with E-state index in [1.165, 1.54) is 24.1 Å². The van der Waals surface area contributed by atoms with Crippen molar-refractivity contribution in [3.63, 3.8) is 0 Å². The van der Waals surface area contributed by atoms with Crippen LogP contribution in [0.25, 0.3) is 10.9 Å². The van der Waals surface area contributed by atoms with Gasteiger partial charge in [0.05, 0.1) is 16.8 Å². The van der Waals surface area contributed by atoms with Crippen molar-refractivity contribution < 1.29 is 4.79 Å². The van der Waals surface area contributed by atoms with E-state index in [1.807, 2.05) is 18.2 Å². The van der Waals surface area contributed by atoms with E-state index in [2.05, 4.69) is 10.9 Å². The fourth-order valence-electron chi connectivity index (χ4n) is 2.99. The summed E-state index contributed by atoms with van der Waals surface area (Å²) < 4.78 is 0. The van der Waals surface area contributed by atoms with Crippen LogP contribution in [0, 0.1) is 0 Å². The number of aryl methyl sites for hydroxylation is 1. The number of rotatable bonds is 0. The summed E-state index contributed by atoms with van der Waals surface area (Å²) in [5.41, 5.74) is 11.0. The van der Waals surface area contributed by atoms with Gasteiger partial charge in [0.1, 0.15) is 0 Å². The minimum Gasteiger partial charge on any atom is -0.297 e. The highest BCUT2D eigenvalue weighted by molar-refractivity contribution is 6.14. The quantitative estimate of drug-likeness (QED) is 0.741. The molecule has 0 saturated heterocycles. The summed E-state index contributed by atoms with van der Waals surface area (Å²) in [4.78, 5) is 16.6. The zero-order valence-corrected chi connectivity index (χ0v) is 9.92. The fourth-order valence-corrected chi connectivity index (χ4v) is 2.99. The van der Waals surface area contributed by atoms with Gasteiger partial charge in [0.25, 0.3) is 5.91 Å². The maximum Gasteiger partial charge on any atom is 0.270 e. The molecule has 0 radical (unpaired) electrons. The third-order valence-corrected chi connectivity index (χ3v) is 3.83. The number of amides is 1. The molecule has 18 heavy (non-hydrogen) atoms. The molecule has 4 nitrogen and oxygen atoms in total. The number of carbonyl (C=O) groups is 1. The number of pyridine rings is 1. The molecule has 2 heterocycles. The number of anilines is 1. The number of benzene rings is 1. The number of nitrogens with zero attached hydrogens (tertiary/aromatic N) is 1. The molecule has 0 saturated carbocycles. The summed E-state index contributed by atoms with van der Waals surface area (Å²) in [5, 5.41) is 0.974. The lowest BCUT2D eigenvalue weighted by Gasteiger charge is -2.25. The van der Waals surface area contributed by atoms with Crippen LogP contribution in [0.4, 0.5) is 5.69 Å². The first-order valence-corrected chi connectivity index (χ1v) is 6.35. The Kier molecular flexibility index (Phi) is 1.89. The summed E-state index contributed by atoms with van der Waals surface area (Å²) in [5.74, 6) is -0.0781. The normalized spacial score (nSPS) is 17.0. The van der Waals surface area contributed by atoms with Gasteiger partial charge in [0.15, 0.2) is 0 Å². The molecule has 1 aromatic heterocycles. The maximum atomic E-state index is 11.8. The second kappa shape index (κ2) is 3.45. The fraction of sp³-hybridized carbons (Fsp3) is 0.286. The minimum absolute atomic E-state index is 0.0781. The van der Waals surface area contributed by atoms with E-state index in [1.54, 1.807) is 0 Å². The van der Waals surface area contributed by atoms with Crippen LogP contribution >= 0.6 is 0 Å². The summed E-state index contributed by atoms with van der Waals surface area (Å²) in [7, 11) is 0. The Morgan fingerprint density at radius 2 is 2.00 bits per heavy atom. The van der Waals surface area contributed by atoms with Crippen molar-refractivity contribution in [1.29, 1.82) is 0 Å². The predicted octanol–water partition coefficient (Wildman–Crippen LogP) is 2.18. The average Bonchev–Trinajstić information content (AvgIpc) is 2.42. The van der Waals surface area contributed by atoms with Crippen LogP contribution in [-0.4, -0.2) is 10.9 Å². The van der Waals surface area contributed by atoms with Crippen LogP contribution < -0.4 is 10.9 Å². The highest BCUT2D eigenvalue weighted by Crippen LogP contribution is 2.36. The molecule has 1 aromatic carbocycles. The van der Waals surface area contributed by atoms with Crippen LogP contribution in [-0.2, 0) is 12.8 Å². The van der Waals surface area contributed by atoms with Crippen molar-refractivity contribution in [3.8, 4) is 0 Å². The Morgan fingerprint density at radius 3 is 2.94 bits per heavy atom. The zero-order valence-electron chi connectivity index (χ0n) is 9.92. The molecule has 1 aliphatic heterocycles. The first-order chi connectivity index (χ1) is 8.84.